The molecule has 36 heteroatoms. The van der Waals surface area contributed by atoms with Crippen LogP contribution in [-0.4, -0.2) is 199 Å². The molecule has 1 atom stereocenters. The molecule has 0 bridgehead atoms. The monoisotopic (exact) mass is 1640 g/mol. The van der Waals surface area contributed by atoms with Gasteiger partial charge in [-0.25, -0.2) is 19.9 Å². The molecule has 1 unspecified atom stereocenters. The molecule has 0 aromatic carbocycles. The van der Waals surface area contributed by atoms with Crippen LogP contribution in [0.25, 0.3) is 0 Å². The summed E-state index contributed by atoms with van der Waals surface area (Å²) in [6.45, 7) is 4.15. The van der Waals surface area contributed by atoms with Gasteiger partial charge in [0.05, 0.1) is 52.7 Å². The molecule has 7 amide bonds. The zero-order valence-electron chi connectivity index (χ0n) is 69.8. The number of carbonyl (C=O) groups excluding carboxylic acids is 15. The minimum absolute atomic E-state index is 0.0103. The molecule has 0 aliphatic carbocycles. The Labute approximate surface area is 687 Å². The van der Waals surface area contributed by atoms with Gasteiger partial charge in [-0.2, -0.15) is 0 Å². The highest BCUT2D eigenvalue weighted by Crippen LogP contribution is 2.25. The normalized spacial score (nSPS) is 11.5. The Balaban J connectivity index is 0.629. The Morgan fingerprint density at radius 1 is 0.361 bits per heavy atom. The summed E-state index contributed by atoms with van der Waals surface area (Å²) in [6.07, 6.45) is 18.2. The first kappa shape index (κ1) is 89.8. The molecule has 0 radical (unpaired) electrons. The van der Waals surface area contributed by atoms with Crippen LogP contribution in [0.15, 0.2) is 86.1 Å². The number of aromatic nitrogens is 13. The van der Waals surface area contributed by atoms with E-state index in [0.717, 1.165) is 19.4 Å². The van der Waals surface area contributed by atoms with Crippen molar-refractivity contribution in [3.05, 3.63) is 160 Å². The standard InChI is InChI=1S/C83H105N21O15/c1-50(30-62(109)36-54-46-101(11)75(86-54)69(111)25-17-21-59(106)20-15-16-28-94(3)4)31-71(113)76-87-58(47-102(76)12)40-70(112)64-35-53(42-97(64)7)32-60(107)22-18-24-68(110)63-34-52(41-96(63)6)33-61(108)23-19-27-84-82(118)77-91-72(48-103(77)13)90-74(114)26-29-95(5)83(119)78-92-73(49-104(78)14)93-81(117)67-39-57(45-100(67)10)89-80(116)66-38-56(44-99(66)9)88-79(115)65-37-55(43-98(65)8)85-51(2)105/h34-35,37-39,41-50H,15-33,36,40H2,1-14H3,(H,84,118)(H,85,105)(H,88,115)(H,89,116)(H,90,114)(H,93,117). The van der Waals surface area contributed by atoms with Crippen molar-refractivity contribution in [3.63, 3.8) is 0 Å². The van der Waals surface area contributed by atoms with Crippen LogP contribution in [0, 0.1) is 5.92 Å². The summed E-state index contributed by atoms with van der Waals surface area (Å²) in [7, 11) is 20.2. The summed E-state index contributed by atoms with van der Waals surface area (Å²) in [6, 6.07) is 7.77. The lowest BCUT2D eigenvalue weighted by molar-refractivity contribution is -0.120. The predicted molar refractivity (Wildman–Crippen MR) is 441 cm³/mol. The highest BCUT2D eigenvalue weighted by atomic mass is 16.2. The zero-order valence-corrected chi connectivity index (χ0v) is 69.8. The van der Waals surface area contributed by atoms with Crippen molar-refractivity contribution in [2.75, 3.05) is 67.4 Å². The molecule has 632 valence electrons. The van der Waals surface area contributed by atoms with E-state index in [1.807, 2.05) is 14.1 Å². The second kappa shape index (κ2) is 40.6. The number of unbranched alkanes of at least 4 members (excludes halogenated alkanes) is 1. The van der Waals surface area contributed by atoms with Crippen LogP contribution in [0.4, 0.5) is 28.7 Å². The molecule has 0 saturated heterocycles. The topological polar surface area (TPSA) is 431 Å². The molecule has 0 fully saturated rings. The molecule has 0 aliphatic heterocycles. The van der Waals surface area contributed by atoms with E-state index in [1.165, 1.54) is 73.9 Å². The Morgan fingerprint density at radius 3 is 1.37 bits per heavy atom. The number of aryl methyl sites for hydroxylation is 9. The first-order valence-electron chi connectivity index (χ1n) is 39.2. The van der Waals surface area contributed by atoms with E-state index in [9.17, 15) is 71.9 Å². The number of ketones is 8. The van der Waals surface area contributed by atoms with Crippen LogP contribution in [0.3, 0.4) is 0 Å². The first-order valence-corrected chi connectivity index (χ1v) is 39.2. The number of nitrogens with one attached hydrogen (secondary N) is 6. The zero-order chi connectivity index (χ0) is 86.8. The van der Waals surface area contributed by atoms with Gasteiger partial charge in [0.2, 0.25) is 23.5 Å². The van der Waals surface area contributed by atoms with Gasteiger partial charge in [0.1, 0.15) is 40.2 Å². The third kappa shape index (κ3) is 25.2. The molecule has 9 rings (SSSR count). The number of imidazole rings is 4. The average Bonchev–Trinajstić information content (AvgIpc) is 1.66. The second-order valence-corrected chi connectivity index (χ2v) is 30.8. The fourth-order valence-corrected chi connectivity index (χ4v) is 13.9. The Bertz CT molecular complexity index is 5360. The quantitative estimate of drug-likeness (QED) is 0.0163. The van der Waals surface area contributed by atoms with Crippen molar-refractivity contribution in [3.8, 4) is 0 Å². The van der Waals surface area contributed by atoms with E-state index in [2.05, 4.69) is 56.7 Å². The SMILES string of the molecule is CC(=O)Nc1cc(C(=O)Nc2cc(C(=O)Nc3cc(C(=O)Nc4cn(C)c(C(=O)N(C)CCC(=O)Nc5cn(C)c(C(=O)NCCCC(=O)Cc6cc(C(=O)CCCC(=O)Cc7cc(C(=O)Cc8cn(C)c(C(=O)CC(C)CC(=O)Cc9cn(C)c(C(=O)CCCC(=O)CCCCN(C)C)n9)n8)n(C)c7)n(C)c6)n5)n4)n(C)c3)n(C)c2)n(C)c1. The van der Waals surface area contributed by atoms with Crippen LogP contribution < -0.4 is 31.9 Å². The largest absolute Gasteiger partial charge is 0.349 e. The summed E-state index contributed by atoms with van der Waals surface area (Å²) < 4.78 is 13.8. The summed E-state index contributed by atoms with van der Waals surface area (Å²) >= 11 is 0. The number of rotatable bonds is 46. The number of carbonyl (C=O) groups is 15. The molecule has 0 aliphatic rings. The summed E-state index contributed by atoms with van der Waals surface area (Å²) in [5.74, 6) is -4.61. The van der Waals surface area contributed by atoms with E-state index >= 15 is 0 Å². The van der Waals surface area contributed by atoms with Gasteiger partial charge < -0.3 is 82.8 Å². The van der Waals surface area contributed by atoms with Gasteiger partial charge in [-0.15, -0.1) is 0 Å². The van der Waals surface area contributed by atoms with Crippen LogP contribution in [-0.2, 0) is 118 Å². The fourth-order valence-electron chi connectivity index (χ4n) is 13.9. The van der Waals surface area contributed by atoms with Crippen molar-refractivity contribution < 1.29 is 71.9 Å². The molecule has 6 N–H and O–H groups in total. The number of hydrogen-bond donors (Lipinski definition) is 6. The highest BCUT2D eigenvalue weighted by Gasteiger charge is 2.28. The van der Waals surface area contributed by atoms with Gasteiger partial charge in [-0.1, -0.05) is 6.92 Å². The van der Waals surface area contributed by atoms with Gasteiger partial charge in [-0.05, 0) is 100 Å². The van der Waals surface area contributed by atoms with Crippen LogP contribution >= 0.6 is 0 Å². The van der Waals surface area contributed by atoms with Crippen LogP contribution in [0.5, 0.6) is 0 Å². The molecular formula is C83H105N21O15. The number of nitrogens with zero attached hydrogens (tertiary/aromatic N) is 15. The maximum Gasteiger partial charge on any atom is 0.289 e. The lowest BCUT2D eigenvalue weighted by atomic mass is 9.96. The van der Waals surface area contributed by atoms with Crippen molar-refractivity contribution in [1.29, 1.82) is 0 Å². The van der Waals surface area contributed by atoms with E-state index < -0.39 is 35.4 Å². The Morgan fingerprint density at radius 2 is 0.815 bits per heavy atom. The van der Waals surface area contributed by atoms with Gasteiger partial charge in [0, 0.05) is 217 Å². The van der Waals surface area contributed by atoms with Crippen molar-refractivity contribution in [2.24, 2.45) is 69.3 Å². The number of anilines is 5. The number of amides is 7. The van der Waals surface area contributed by atoms with Crippen molar-refractivity contribution in [2.45, 2.75) is 129 Å². The first-order chi connectivity index (χ1) is 56.3. The summed E-state index contributed by atoms with van der Waals surface area (Å²) in [4.78, 5) is 218. The fraction of sp³-hybridized carbons (Fsp3) is 0.434. The third-order valence-electron chi connectivity index (χ3n) is 19.9. The lowest BCUT2D eigenvalue weighted by Crippen LogP contribution is -2.32. The highest BCUT2D eigenvalue weighted by molar-refractivity contribution is 6.09. The number of Topliss-reactive ketones (excluding diaryl/α,β-unsaturated/α-hetero) is 8. The average molecular weight is 1640 g/mol. The molecule has 0 saturated carbocycles. The van der Waals surface area contributed by atoms with Crippen molar-refractivity contribution in [1.82, 2.24) is 76.2 Å². The number of hydrogen-bond acceptors (Lipinski definition) is 20. The van der Waals surface area contributed by atoms with Gasteiger partial charge >= 0.3 is 0 Å². The molecule has 9 aromatic heterocycles. The van der Waals surface area contributed by atoms with E-state index in [4.69, 9.17) is 0 Å². The molecular weight excluding hydrogens is 1530 g/mol. The Kier molecular flexibility index (Phi) is 30.6. The third-order valence-corrected chi connectivity index (χ3v) is 19.9. The predicted octanol–water partition coefficient (Wildman–Crippen LogP) is 7.11. The van der Waals surface area contributed by atoms with E-state index in [1.54, 1.807) is 143 Å². The summed E-state index contributed by atoms with van der Waals surface area (Å²) in [5.41, 5.74) is 4.47. The van der Waals surface area contributed by atoms with Gasteiger partial charge in [-0.3, -0.25) is 71.9 Å². The van der Waals surface area contributed by atoms with Gasteiger partial charge in [0.15, 0.2) is 46.4 Å². The van der Waals surface area contributed by atoms with Gasteiger partial charge in [0.25, 0.3) is 29.5 Å². The van der Waals surface area contributed by atoms with Crippen LogP contribution in [0.2, 0.25) is 0 Å². The molecule has 9 aromatic rings. The van der Waals surface area contributed by atoms with E-state index in [0.29, 0.717) is 71.0 Å². The maximum atomic E-state index is 13.6. The van der Waals surface area contributed by atoms with Crippen molar-refractivity contribution >= 4 is 116 Å². The molecule has 0 spiro atoms. The minimum Gasteiger partial charge on any atom is -0.349 e. The maximum absolute atomic E-state index is 13.6. The second-order valence-electron chi connectivity index (χ2n) is 30.8. The summed E-state index contributed by atoms with van der Waals surface area (Å²) in [5, 5.41) is 16.2. The van der Waals surface area contributed by atoms with Crippen LogP contribution in [0.1, 0.15) is 221 Å². The minimum atomic E-state index is -0.602. The smallest absolute Gasteiger partial charge is 0.289 e. The lowest BCUT2D eigenvalue weighted by Gasteiger charge is -2.16. The molecule has 36 nitrogen and oxygen atoms in total. The molecule has 119 heavy (non-hydrogen) atoms. The Hall–Kier alpha value is -13.2. The van der Waals surface area contributed by atoms with E-state index in [-0.39, 0.29) is 206 Å². The molecule has 9 heterocycles.